The summed E-state index contributed by atoms with van der Waals surface area (Å²) < 4.78 is 0. The van der Waals surface area contributed by atoms with Crippen LogP contribution >= 0.6 is 11.3 Å². The Bertz CT molecular complexity index is 1420. The third kappa shape index (κ3) is 3.99. The molecule has 0 atom stereocenters. The molecule has 36 heavy (non-hydrogen) atoms. The maximum Gasteiger partial charge on any atom is 0.325 e. The molecule has 3 amide bonds. The molecule has 1 aliphatic heterocycles. The number of hydrogen-bond acceptors (Lipinski definition) is 7. The molecule has 4 heterocycles. The van der Waals surface area contributed by atoms with Crippen molar-refractivity contribution in [1.29, 1.82) is 0 Å². The number of nitrogens with zero attached hydrogens (tertiary/aromatic N) is 4. The first kappa shape index (κ1) is 22.6. The van der Waals surface area contributed by atoms with Crippen molar-refractivity contribution in [2.45, 2.75) is 37.6 Å². The fourth-order valence-electron chi connectivity index (χ4n) is 5.15. The number of nitrogens with one attached hydrogen (secondary N) is 2. The summed E-state index contributed by atoms with van der Waals surface area (Å²) in [5, 5.41) is 9.49. The summed E-state index contributed by atoms with van der Waals surface area (Å²) in [7, 11) is 0. The van der Waals surface area contributed by atoms with Gasteiger partial charge in [-0.05, 0) is 37.0 Å². The first-order chi connectivity index (χ1) is 17.6. The summed E-state index contributed by atoms with van der Waals surface area (Å²) in [4.78, 5) is 41.8. The number of fused-ring (bicyclic) bond motifs is 1. The summed E-state index contributed by atoms with van der Waals surface area (Å²) >= 11 is 1.58. The minimum atomic E-state index is -0.665. The van der Waals surface area contributed by atoms with Crippen LogP contribution in [0.3, 0.4) is 0 Å². The molecule has 2 fully saturated rings. The average molecular weight is 499 g/mol. The van der Waals surface area contributed by atoms with Crippen LogP contribution in [-0.4, -0.2) is 50.4 Å². The van der Waals surface area contributed by atoms with Gasteiger partial charge in [-0.2, -0.15) is 0 Å². The van der Waals surface area contributed by atoms with Gasteiger partial charge in [0.25, 0.3) is 5.91 Å². The van der Waals surface area contributed by atoms with E-state index in [-0.39, 0.29) is 11.9 Å². The fourth-order valence-corrected chi connectivity index (χ4v) is 6.10. The quantitative estimate of drug-likeness (QED) is 0.272. The Morgan fingerprint density at radius 3 is 2.61 bits per heavy atom. The molecular formula is C27H26N6O2S. The van der Waals surface area contributed by atoms with Crippen molar-refractivity contribution < 1.29 is 9.59 Å². The van der Waals surface area contributed by atoms with Crippen molar-refractivity contribution in [3.8, 4) is 22.6 Å². The van der Waals surface area contributed by atoms with E-state index in [1.807, 2.05) is 36.4 Å². The lowest BCUT2D eigenvalue weighted by Crippen LogP contribution is -2.44. The number of hydrogen-bond donors (Lipinski definition) is 2. The Morgan fingerprint density at radius 2 is 1.83 bits per heavy atom. The topological polar surface area (TPSA) is 100 Å². The maximum absolute atomic E-state index is 12.9. The van der Waals surface area contributed by atoms with E-state index in [2.05, 4.69) is 33.1 Å². The van der Waals surface area contributed by atoms with Gasteiger partial charge in [0.1, 0.15) is 21.9 Å². The smallest absolute Gasteiger partial charge is 0.325 e. The van der Waals surface area contributed by atoms with Crippen molar-refractivity contribution in [3.05, 3.63) is 60.1 Å². The molecule has 1 saturated heterocycles. The van der Waals surface area contributed by atoms with E-state index in [1.54, 1.807) is 17.5 Å². The molecule has 0 radical (unpaired) electrons. The van der Waals surface area contributed by atoms with Crippen LogP contribution in [0.25, 0.3) is 32.9 Å². The van der Waals surface area contributed by atoms with Gasteiger partial charge in [0, 0.05) is 30.2 Å². The zero-order chi connectivity index (χ0) is 24.5. The monoisotopic (exact) mass is 498 g/mol. The first-order valence-corrected chi connectivity index (χ1v) is 13.2. The van der Waals surface area contributed by atoms with Crippen molar-refractivity contribution in [1.82, 2.24) is 25.2 Å². The second-order valence-corrected chi connectivity index (χ2v) is 10.1. The minimum absolute atomic E-state index is 0.0731. The number of carbonyl (C=O) groups excluding carboxylic acids is 2. The molecule has 1 aliphatic carbocycles. The summed E-state index contributed by atoms with van der Waals surface area (Å²) in [6, 6.07) is 15.6. The molecule has 4 aromatic rings. The van der Waals surface area contributed by atoms with Gasteiger partial charge in [-0.1, -0.05) is 49.2 Å². The van der Waals surface area contributed by atoms with Crippen LogP contribution in [0.15, 0.2) is 60.1 Å². The van der Waals surface area contributed by atoms with Crippen LogP contribution in [0, 0.1) is 0 Å². The fraction of sp³-hybridized carbons (Fsp3) is 0.296. The number of aromatic nitrogens is 3. The van der Waals surface area contributed by atoms with E-state index >= 15 is 0 Å². The minimum Gasteiger partial charge on any atom is -0.369 e. The number of benzene rings is 1. The number of thiophene rings is 1. The first-order valence-electron chi connectivity index (χ1n) is 12.3. The lowest BCUT2D eigenvalue weighted by molar-refractivity contribution is -0.131. The number of urea groups is 1. The molecule has 2 aliphatic rings. The van der Waals surface area contributed by atoms with Gasteiger partial charge in [0.15, 0.2) is 5.82 Å². The molecule has 2 N–H and O–H groups in total. The molecule has 1 spiro atoms. The number of rotatable bonds is 7. The largest absolute Gasteiger partial charge is 0.369 e. The molecule has 182 valence electrons. The predicted octanol–water partition coefficient (Wildman–Crippen LogP) is 5.09. The van der Waals surface area contributed by atoms with Crippen molar-refractivity contribution in [2.24, 2.45) is 0 Å². The highest BCUT2D eigenvalue weighted by Gasteiger charge is 2.51. The standard InChI is InChI=1S/C27H26N6O2S/c34-25-27(12-5-6-13-27)32-26(35)33(25)16-8-15-29-23-21-19(18-9-2-1-3-10-18)17-36-24(21)31-22(30-23)20-11-4-7-14-28-20/h1-4,7,9-11,14,17H,5-6,8,12-13,15-16H2,(H,32,35)(H,29,30,31). The maximum atomic E-state index is 12.9. The third-order valence-electron chi connectivity index (χ3n) is 6.97. The summed E-state index contributed by atoms with van der Waals surface area (Å²) in [5.41, 5.74) is 2.21. The number of amides is 3. The zero-order valence-corrected chi connectivity index (χ0v) is 20.6. The van der Waals surface area contributed by atoms with Crippen LogP contribution in [0.5, 0.6) is 0 Å². The third-order valence-corrected chi connectivity index (χ3v) is 7.84. The molecule has 1 aromatic carbocycles. The molecular weight excluding hydrogens is 472 g/mol. The Kier molecular flexibility index (Phi) is 5.85. The average Bonchev–Trinajstić information content (AvgIpc) is 3.62. The summed E-state index contributed by atoms with van der Waals surface area (Å²) in [6.07, 6.45) is 5.78. The van der Waals surface area contributed by atoms with Gasteiger partial charge < -0.3 is 10.6 Å². The van der Waals surface area contributed by atoms with Gasteiger partial charge >= 0.3 is 6.03 Å². The number of imide groups is 1. The molecule has 0 unspecified atom stereocenters. The van der Waals surface area contributed by atoms with Crippen LogP contribution in [-0.2, 0) is 4.79 Å². The molecule has 8 nitrogen and oxygen atoms in total. The van der Waals surface area contributed by atoms with Gasteiger partial charge in [-0.15, -0.1) is 11.3 Å². The Morgan fingerprint density at radius 1 is 1.03 bits per heavy atom. The Balaban J connectivity index is 1.25. The van der Waals surface area contributed by atoms with Crippen LogP contribution in [0.1, 0.15) is 32.1 Å². The van der Waals surface area contributed by atoms with Crippen molar-refractivity contribution in [3.63, 3.8) is 0 Å². The van der Waals surface area contributed by atoms with Gasteiger partial charge in [0.2, 0.25) is 0 Å². The van der Waals surface area contributed by atoms with Crippen LogP contribution < -0.4 is 10.6 Å². The number of carbonyl (C=O) groups is 2. The van der Waals surface area contributed by atoms with Crippen molar-refractivity contribution >= 4 is 39.3 Å². The van der Waals surface area contributed by atoms with Gasteiger partial charge in [-0.3, -0.25) is 14.7 Å². The van der Waals surface area contributed by atoms with Gasteiger partial charge in [-0.25, -0.2) is 14.8 Å². The summed E-state index contributed by atoms with van der Waals surface area (Å²) in [5.74, 6) is 1.21. The zero-order valence-electron chi connectivity index (χ0n) is 19.7. The molecule has 0 bridgehead atoms. The highest BCUT2D eigenvalue weighted by Crippen LogP contribution is 2.38. The lowest BCUT2D eigenvalue weighted by atomic mass is 9.98. The summed E-state index contributed by atoms with van der Waals surface area (Å²) in [6.45, 7) is 0.928. The van der Waals surface area contributed by atoms with Gasteiger partial charge in [0.05, 0.1) is 5.39 Å². The highest BCUT2D eigenvalue weighted by molar-refractivity contribution is 7.17. The Labute approximate surface area is 212 Å². The second-order valence-electron chi connectivity index (χ2n) is 9.26. The van der Waals surface area contributed by atoms with E-state index in [1.165, 1.54) is 4.90 Å². The molecule has 3 aromatic heterocycles. The van der Waals surface area contributed by atoms with Crippen LogP contribution in [0.4, 0.5) is 10.6 Å². The molecule has 1 saturated carbocycles. The van der Waals surface area contributed by atoms with E-state index in [9.17, 15) is 9.59 Å². The van der Waals surface area contributed by atoms with E-state index in [0.717, 1.165) is 52.8 Å². The number of anilines is 1. The van der Waals surface area contributed by atoms with E-state index < -0.39 is 5.54 Å². The van der Waals surface area contributed by atoms with Crippen LogP contribution in [0.2, 0.25) is 0 Å². The number of pyridine rings is 1. The van der Waals surface area contributed by atoms with E-state index in [0.29, 0.717) is 31.0 Å². The Hall–Kier alpha value is -3.85. The SMILES string of the molecule is O=C1NC2(CCCC2)C(=O)N1CCCNc1nc(-c2ccccn2)nc2scc(-c3ccccc3)c12. The highest BCUT2D eigenvalue weighted by atomic mass is 32.1. The molecule has 6 rings (SSSR count). The predicted molar refractivity (Wildman–Crippen MR) is 141 cm³/mol. The lowest BCUT2D eigenvalue weighted by Gasteiger charge is -2.20. The molecule has 9 heteroatoms. The van der Waals surface area contributed by atoms with Crippen molar-refractivity contribution in [2.75, 3.05) is 18.4 Å². The second kappa shape index (κ2) is 9.31. The van der Waals surface area contributed by atoms with E-state index in [4.69, 9.17) is 9.97 Å². The normalized spacial score (nSPS) is 16.7.